The molecule has 0 radical (unpaired) electrons. The van der Waals surface area contributed by atoms with Gasteiger partial charge in [0.2, 0.25) is 5.75 Å². The second-order valence-corrected chi connectivity index (χ2v) is 4.01. The van der Waals surface area contributed by atoms with Crippen LogP contribution in [-0.2, 0) is 6.54 Å². The summed E-state index contributed by atoms with van der Waals surface area (Å²) in [4.78, 5) is 7.94. The maximum absolute atomic E-state index is 5.30. The summed E-state index contributed by atoms with van der Waals surface area (Å²) < 4.78 is 15.9. The number of hydrogen-bond donors (Lipinski definition) is 1. The van der Waals surface area contributed by atoms with Crippen molar-refractivity contribution in [2.75, 3.05) is 26.6 Å². The Morgan fingerprint density at radius 2 is 1.55 bits per heavy atom. The SMILES string of the molecule is COc1cc(NCc2cncnc2)cc(OC)c1OC. The molecular formula is C14H17N3O3. The summed E-state index contributed by atoms with van der Waals surface area (Å²) in [7, 11) is 4.76. The van der Waals surface area contributed by atoms with Gasteiger partial charge in [-0.2, -0.15) is 0 Å². The topological polar surface area (TPSA) is 65.5 Å². The van der Waals surface area contributed by atoms with E-state index in [0.717, 1.165) is 11.3 Å². The summed E-state index contributed by atoms with van der Waals surface area (Å²) in [5.74, 6) is 1.79. The van der Waals surface area contributed by atoms with Crippen LogP contribution in [-0.4, -0.2) is 31.3 Å². The van der Waals surface area contributed by atoms with Gasteiger partial charge >= 0.3 is 0 Å². The molecule has 0 aliphatic rings. The van der Waals surface area contributed by atoms with Gasteiger partial charge in [-0.1, -0.05) is 0 Å². The van der Waals surface area contributed by atoms with E-state index in [1.54, 1.807) is 33.7 Å². The lowest BCUT2D eigenvalue weighted by Gasteiger charge is -2.15. The third-order valence-corrected chi connectivity index (χ3v) is 2.78. The predicted molar refractivity (Wildman–Crippen MR) is 75.5 cm³/mol. The molecule has 0 aliphatic heterocycles. The predicted octanol–water partition coefficient (Wildman–Crippen LogP) is 2.11. The molecule has 0 fully saturated rings. The molecule has 1 N–H and O–H groups in total. The Labute approximate surface area is 117 Å². The minimum atomic E-state index is 0.573. The van der Waals surface area contributed by atoms with Crippen LogP contribution >= 0.6 is 0 Å². The van der Waals surface area contributed by atoms with E-state index in [1.807, 2.05) is 12.1 Å². The van der Waals surface area contributed by atoms with Gasteiger partial charge in [-0.15, -0.1) is 0 Å². The van der Waals surface area contributed by atoms with E-state index in [0.29, 0.717) is 23.8 Å². The van der Waals surface area contributed by atoms with Gasteiger partial charge in [0.05, 0.1) is 21.3 Å². The highest BCUT2D eigenvalue weighted by atomic mass is 16.5. The van der Waals surface area contributed by atoms with Crippen molar-refractivity contribution in [3.05, 3.63) is 36.4 Å². The first kappa shape index (κ1) is 13.9. The van der Waals surface area contributed by atoms with Crippen molar-refractivity contribution < 1.29 is 14.2 Å². The Kier molecular flexibility index (Phi) is 4.60. The third-order valence-electron chi connectivity index (χ3n) is 2.78. The number of nitrogens with one attached hydrogen (secondary N) is 1. The molecule has 20 heavy (non-hydrogen) atoms. The van der Waals surface area contributed by atoms with E-state index >= 15 is 0 Å². The molecule has 0 saturated carbocycles. The van der Waals surface area contributed by atoms with Crippen LogP contribution in [0.1, 0.15) is 5.56 Å². The molecule has 6 nitrogen and oxygen atoms in total. The number of ether oxygens (including phenoxy) is 3. The first-order valence-electron chi connectivity index (χ1n) is 6.06. The number of methoxy groups -OCH3 is 3. The highest BCUT2D eigenvalue weighted by Gasteiger charge is 2.12. The minimum Gasteiger partial charge on any atom is -0.493 e. The van der Waals surface area contributed by atoms with Crippen LogP contribution < -0.4 is 19.5 Å². The molecule has 2 aromatic rings. The summed E-state index contributed by atoms with van der Waals surface area (Å²) in [6, 6.07) is 3.70. The Morgan fingerprint density at radius 1 is 0.950 bits per heavy atom. The zero-order chi connectivity index (χ0) is 14.4. The average Bonchev–Trinajstić information content (AvgIpc) is 2.52. The number of rotatable bonds is 6. The molecule has 0 spiro atoms. The minimum absolute atomic E-state index is 0.573. The molecule has 1 heterocycles. The van der Waals surface area contributed by atoms with E-state index < -0.39 is 0 Å². The monoisotopic (exact) mass is 275 g/mol. The lowest BCUT2D eigenvalue weighted by Crippen LogP contribution is -2.02. The lowest BCUT2D eigenvalue weighted by molar-refractivity contribution is 0.324. The molecule has 0 amide bonds. The van der Waals surface area contributed by atoms with Gasteiger partial charge in [-0.05, 0) is 0 Å². The molecule has 1 aromatic heterocycles. The van der Waals surface area contributed by atoms with Crippen LogP contribution in [0, 0.1) is 0 Å². The molecule has 0 aliphatic carbocycles. The first-order chi connectivity index (χ1) is 9.78. The molecule has 106 valence electrons. The Morgan fingerprint density at radius 3 is 2.05 bits per heavy atom. The number of hydrogen-bond acceptors (Lipinski definition) is 6. The summed E-state index contributed by atoms with van der Waals surface area (Å²) in [6.45, 7) is 0.611. The molecule has 1 aromatic carbocycles. The van der Waals surface area contributed by atoms with Gasteiger partial charge in [0.15, 0.2) is 11.5 Å². The lowest BCUT2D eigenvalue weighted by atomic mass is 10.2. The Balaban J connectivity index is 2.19. The third kappa shape index (κ3) is 3.09. The van der Waals surface area contributed by atoms with Crippen molar-refractivity contribution in [3.8, 4) is 17.2 Å². The van der Waals surface area contributed by atoms with Crippen LogP contribution in [0.2, 0.25) is 0 Å². The van der Waals surface area contributed by atoms with Gasteiger partial charge in [-0.25, -0.2) is 9.97 Å². The van der Waals surface area contributed by atoms with E-state index in [9.17, 15) is 0 Å². The maximum atomic E-state index is 5.30. The van der Waals surface area contributed by atoms with E-state index in [-0.39, 0.29) is 0 Å². The molecule has 0 unspecified atom stereocenters. The van der Waals surface area contributed by atoms with Gasteiger partial charge < -0.3 is 19.5 Å². The normalized spacial score (nSPS) is 9.95. The summed E-state index contributed by atoms with van der Waals surface area (Å²) in [5.41, 5.74) is 1.85. The fourth-order valence-corrected chi connectivity index (χ4v) is 1.81. The summed E-state index contributed by atoms with van der Waals surface area (Å²) >= 11 is 0. The Bertz CT molecular complexity index is 536. The van der Waals surface area contributed by atoms with Crippen LogP contribution in [0.3, 0.4) is 0 Å². The number of anilines is 1. The van der Waals surface area contributed by atoms with Crippen molar-refractivity contribution in [2.24, 2.45) is 0 Å². The Hall–Kier alpha value is -2.50. The van der Waals surface area contributed by atoms with Crippen molar-refractivity contribution in [3.63, 3.8) is 0 Å². The van der Waals surface area contributed by atoms with Crippen LogP contribution in [0.5, 0.6) is 17.2 Å². The second-order valence-electron chi connectivity index (χ2n) is 4.01. The van der Waals surface area contributed by atoms with Gasteiger partial charge in [0, 0.05) is 42.3 Å². The van der Waals surface area contributed by atoms with E-state index in [1.165, 1.54) is 6.33 Å². The summed E-state index contributed by atoms with van der Waals surface area (Å²) in [5, 5.41) is 3.27. The standard InChI is InChI=1S/C14H17N3O3/c1-18-12-4-11(5-13(19-2)14(12)20-3)17-8-10-6-15-9-16-7-10/h4-7,9,17H,8H2,1-3H3. The van der Waals surface area contributed by atoms with Crippen molar-refractivity contribution in [1.82, 2.24) is 9.97 Å². The van der Waals surface area contributed by atoms with Gasteiger partial charge in [0.25, 0.3) is 0 Å². The fourth-order valence-electron chi connectivity index (χ4n) is 1.81. The molecule has 2 rings (SSSR count). The fraction of sp³-hybridized carbons (Fsp3) is 0.286. The van der Waals surface area contributed by atoms with Crippen LogP contribution in [0.25, 0.3) is 0 Å². The van der Waals surface area contributed by atoms with Gasteiger partial charge in [0.1, 0.15) is 6.33 Å². The molecular weight excluding hydrogens is 258 g/mol. The molecule has 0 bridgehead atoms. The number of benzene rings is 1. The zero-order valence-corrected chi connectivity index (χ0v) is 11.7. The zero-order valence-electron chi connectivity index (χ0n) is 11.7. The van der Waals surface area contributed by atoms with Gasteiger partial charge in [-0.3, -0.25) is 0 Å². The largest absolute Gasteiger partial charge is 0.493 e. The molecule has 0 saturated heterocycles. The quantitative estimate of drug-likeness (QED) is 0.871. The summed E-state index contributed by atoms with van der Waals surface area (Å²) in [6.07, 6.45) is 5.03. The van der Waals surface area contributed by atoms with Crippen LogP contribution in [0.15, 0.2) is 30.9 Å². The number of aromatic nitrogens is 2. The highest BCUT2D eigenvalue weighted by Crippen LogP contribution is 2.39. The average molecular weight is 275 g/mol. The van der Waals surface area contributed by atoms with E-state index in [4.69, 9.17) is 14.2 Å². The second kappa shape index (κ2) is 6.60. The smallest absolute Gasteiger partial charge is 0.203 e. The molecule has 6 heteroatoms. The van der Waals surface area contributed by atoms with Crippen molar-refractivity contribution in [1.29, 1.82) is 0 Å². The molecule has 0 atom stereocenters. The highest BCUT2D eigenvalue weighted by molar-refractivity contribution is 5.62. The maximum Gasteiger partial charge on any atom is 0.203 e. The van der Waals surface area contributed by atoms with Crippen LogP contribution in [0.4, 0.5) is 5.69 Å². The van der Waals surface area contributed by atoms with Crippen molar-refractivity contribution >= 4 is 5.69 Å². The van der Waals surface area contributed by atoms with Crippen molar-refractivity contribution in [2.45, 2.75) is 6.54 Å². The first-order valence-corrected chi connectivity index (χ1v) is 6.06. The number of nitrogens with zero attached hydrogens (tertiary/aromatic N) is 2. The van der Waals surface area contributed by atoms with E-state index in [2.05, 4.69) is 15.3 Å².